The maximum absolute atomic E-state index is 12.6. The fourth-order valence-electron chi connectivity index (χ4n) is 2.15. The molecule has 0 aliphatic rings. The summed E-state index contributed by atoms with van der Waals surface area (Å²) in [6, 6.07) is 0.234. The number of nitrogens with zero attached hydrogens (tertiary/aromatic N) is 3. The highest BCUT2D eigenvalue weighted by Gasteiger charge is 2.24. The molecule has 1 amide bonds. The first-order valence-corrected chi connectivity index (χ1v) is 6.88. The summed E-state index contributed by atoms with van der Waals surface area (Å²) in [5.41, 5.74) is 5.92. The largest absolute Gasteiger partial charge is 0.382 e. The molecule has 0 aliphatic heterocycles. The molecular formula is C14H24N4O. The monoisotopic (exact) mass is 264 g/mol. The third kappa shape index (κ3) is 4.19. The molecule has 1 aromatic rings. The van der Waals surface area contributed by atoms with Gasteiger partial charge in [0.25, 0.3) is 5.91 Å². The Hall–Kier alpha value is -1.65. The lowest BCUT2D eigenvalue weighted by atomic mass is 10.1. The molecule has 19 heavy (non-hydrogen) atoms. The minimum Gasteiger partial charge on any atom is -0.382 e. The average molecular weight is 264 g/mol. The Morgan fingerprint density at radius 2 is 1.95 bits per heavy atom. The van der Waals surface area contributed by atoms with Crippen LogP contribution in [0.3, 0.4) is 0 Å². The number of carbonyl (C=O) groups is 1. The lowest BCUT2D eigenvalue weighted by Crippen LogP contribution is -2.42. The highest BCUT2D eigenvalue weighted by Crippen LogP contribution is 2.15. The minimum absolute atomic E-state index is 0.0813. The van der Waals surface area contributed by atoms with Crippen LogP contribution in [-0.2, 0) is 0 Å². The maximum Gasteiger partial charge on any atom is 0.274 e. The van der Waals surface area contributed by atoms with Crippen molar-refractivity contribution in [3.05, 3.63) is 18.1 Å². The van der Waals surface area contributed by atoms with E-state index in [1.165, 1.54) is 12.4 Å². The number of hydrogen-bond acceptors (Lipinski definition) is 4. The summed E-state index contributed by atoms with van der Waals surface area (Å²) in [4.78, 5) is 22.5. The van der Waals surface area contributed by atoms with Gasteiger partial charge in [-0.3, -0.25) is 9.78 Å². The van der Waals surface area contributed by atoms with Gasteiger partial charge >= 0.3 is 0 Å². The molecular weight excluding hydrogens is 240 g/mol. The summed E-state index contributed by atoms with van der Waals surface area (Å²) in [6.45, 7) is 9.13. The molecule has 1 heterocycles. The molecule has 5 heteroatoms. The average Bonchev–Trinajstić information content (AvgIpc) is 2.37. The van der Waals surface area contributed by atoms with E-state index in [0.717, 1.165) is 19.4 Å². The van der Waals surface area contributed by atoms with Crippen molar-refractivity contribution in [2.75, 3.05) is 12.3 Å². The van der Waals surface area contributed by atoms with E-state index >= 15 is 0 Å². The van der Waals surface area contributed by atoms with Crippen molar-refractivity contribution in [2.45, 2.75) is 46.6 Å². The lowest BCUT2D eigenvalue weighted by Gasteiger charge is -2.31. The molecule has 0 radical (unpaired) electrons. The van der Waals surface area contributed by atoms with Crippen LogP contribution in [0.1, 0.15) is 51.0 Å². The van der Waals surface area contributed by atoms with Crippen molar-refractivity contribution < 1.29 is 4.79 Å². The number of hydrogen-bond donors (Lipinski definition) is 1. The molecule has 2 N–H and O–H groups in total. The van der Waals surface area contributed by atoms with Crippen molar-refractivity contribution in [1.82, 2.24) is 14.9 Å². The van der Waals surface area contributed by atoms with Crippen molar-refractivity contribution >= 4 is 11.7 Å². The Morgan fingerprint density at radius 3 is 2.42 bits per heavy atom. The van der Waals surface area contributed by atoms with Gasteiger partial charge in [-0.15, -0.1) is 0 Å². The van der Waals surface area contributed by atoms with E-state index in [1.807, 2.05) is 4.90 Å². The molecule has 1 aromatic heterocycles. The van der Waals surface area contributed by atoms with Gasteiger partial charge in [-0.25, -0.2) is 4.98 Å². The number of nitrogen functional groups attached to an aromatic ring is 1. The summed E-state index contributed by atoms with van der Waals surface area (Å²) in [7, 11) is 0. The van der Waals surface area contributed by atoms with Crippen molar-refractivity contribution in [2.24, 2.45) is 5.92 Å². The molecule has 0 spiro atoms. The van der Waals surface area contributed by atoms with E-state index in [0.29, 0.717) is 11.6 Å². The van der Waals surface area contributed by atoms with Crippen LogP contribution in [0.15, 0.2) is 12.4 Å². The van der Waals surface area contributed by atoms with Gasteiger partial charge in [0.2, 0.25) is 0 Å². The quantitative estimate of drug-likeness (QED) is 0.856. The molecule has 5 nitrogen and oxygen atoms in total. The summed E-state index contributed by atoms with van der Waals surface area (Å²) in [6.07, 6.45) is 4.80. The summed E-state index contributed by atoms with van der Waals surface area (Å²) < 4.78 is 0. The van der Waals surface area contributed by atoms with Crippen LogP contribution < -0.4 is 5.73 Å². The predicted octanol–water partition coefficient (Wildman–Crippen LogP) is 2.35. The van der Waals surface area contributed by atoms with Gasteiger partial charge in [0.05, 0.1) is 12.4 Å². The number of nitrogens with two attached hydrogens (primary N) is 1. The van der Waals surface area contributed by atoms with Crippen molar-refractivity contribution in [3.8, 4) is 0 Å². The van der Waals surface area contributed by atoms with Gasteiger partial charge in [-0.1, -0.05) is 27.7 Å². The molecule has 1 rings (SSSR count). The van der Waals surface area contributed by atoms with Crippen LogP contribution in [0, 0.1) is 5.92 Å². The van der Waals surface area contributed by atoms with Crippen LogP contribution in [0.5, 0.6) is 0 Å². The van der Waals surface area contributed by atoms with Crippen LogP contribution in [0.2, 0.25) is 0 Å². The van der Waals surface area contributed by atoms with Gasteiger partial charge < -0.3 is 10.6 Å². The Kier molecular flexibility index (Phi) is 5.73. The highest BCUT2D eigenvalue weighted by atomic mass is 16.2. The van der Waals surface area contributed by atoms with Crippen molar-refractivity contribution in [1.29, 1.82) is 0 Å². The smallest absolute Gasteiger partial charge is 0.274 e. The molecule has 0 unspecified atom stereocenters. The maximum atomic E-state index is 12.6. The SMILES string of the molecule is CCC(CC)N(CC(C)C)C(=O)c1cncc(N)n1. The van der Waals surface area contributed by atoms with Gasteiger partial charge in [-0.2, -0.15) is 0 Å². The first-order chi connectivity index (χ1) is 8.99. The van der Waals surface area contributed by atoms with E-state index in [1.54, 1.807) is 0 Å². The normalized spacial score (nSPS) is 11.1. The fraction of sp³-hybridized carbons (Fsp3) is 0.643. The molecule has 106 valence electrons. The Bertz CT molecular complexity index is 416. The minimum atomic E-state index is -0.0813. The Labute approximate surface area is 115 Å². The van der Waals surface area contributed by atoms with Gasteiger partial charge in [0.15, 0.2) is 0 Å². The third-order valence-electron chi connectivity index (χ3n) is 3.08. The first kappa shape index (κ1) is 15.4. The second kappa shape index (κ2) is 7.07. The Morgan fingerprint density at radius 1 is 1.32 bits per heavy atom. The van der Waals surface area contributed by atoms with E-state index in [9.17, 15) is 4.79 Å². The highest BCUT2D eigenvalue weighted by molar-refractivity contribution is 5.92. The van der Waals surface area contributed by atoms with Crippen LogP contribution in [-0.4, -0.2) is 33.4 Å². The topological polar surface area (TPSA) is 72.1 Å². The second-order valence-electron chi connectivity index (χ2n) is 5.15. The lowest BCUT2D eigenvalue weighted by molar-refractivity contribution is 0.0634. The van der Waals surface area contributed by atoms with Gasteiger partial charge in [0, 0.05) is 12.6 Å². The number of aromatic nitrogens is 2. The Balaban J connectivity index is 2.99. The molecule has 0 fully saturated rings. The zero-order valence-electron chi connectivity index (χ0n) is 12.3. The number of carbonyl (C=O) groups excluding carboxylic acids is 1. The summed E-state index contributed by atoms with van der Waals surface area (Å²) in [5, 5.41) is 0. The van der Waals surface area contributed by atoms with Gasteiger partial charge in [0.1, 0.15) is 11.5 Å². The van der Waals surface area contributed by atoms with Crippen LogP contribution in [0.4, 0.5) is 5.82 Å². The zero-order chi connectivity index (χ0) is 14.4. The molecule has 0 aromatic carbocycles. The van der Waals surface area contributed by atoms with Gasteiger partial charge in [-0.05, 0) is 18.8 Å². The fourth-order valence-corrected chi connectivity index (χ4v) is 2.15. The predicted molar refractivity (Wildman–Crippen MR) is 76.7 cm³/mol. The van der Waals surface area contributed by atoms with E-state index in [2.05, 4.69) is 37.7 Å². The van der Waals surface area contributed by atoms with E-state index in [4.69, 9.17) is 5.73 Å². The molecule has 0 atom stereocenters. The van der Waals surface area contributed by atoms with Crippen molar-refractivity contribution in [3.63, 3.8) is 0 Å². The van der Waals surface area contributed by atoms with E-state index in [-0.39, 0.29) is 17.8 Å². The molecule has 0 bridgehead atoms. The van der Waals surface area contributed by atoms with Crippen LogP contribution >= 0.6 is 0 Å². The molecule has 0 saturated heterocycles. The van der Waals surface area contributed by atoms with E-state index < -0.39 is 0 Å². The number of anilines is 1. The zero-order valence-corrected chi connectivity index (χ0v) is 12.3. The summed E-state index contributed by atoms with van der Waals surface area (Å²) >= 11 is 0. The number of rotatable bonds is 6. The molecule has 0 aliphatic carbocycles. The van der Waals surface area contributed by atoms with Crippen LogP contribution in [0.25, 0.3) is 0 Å². The first-order valence-electron chi connectivity index (χ1n) is 6.88. The second-order valence-corrected chi connectivity index (χ2v) is 5.15. The standard InChI is InChI=1S/C14H24N4O/c1-5-11(6-2)18(9-10(3)4)14(19)12-7-16-8-13(15)17-12/h7-8,10-11H,5-6,9H2,1-4H3,(H2,15,17). The third-order valence-corrected chi connectivity index (χ3v) is 3.08. The molecule has 0 saturated carbocycles. The summed E-state index contributed by atoms with van der Waals surface area (Å²) in [5.74, 6) is 0.612. The number of amides is 1.